The molecule has 5 heteroatoms. The van der Waals surface area contributed by atoms with Gasteiger partial charge in [0.05, 0.1) is 12.8 Å². The van der Waals surface area contributed by atoms with Crippen LogP contribution < -0.4 is 15.0 Å². The normalized spacial score (nSPS) is 10.3. The van der Waals surface area contributed by atoms with Gasteiger partial charge in [-0.1, -0.05) is 12.1 Å². The number of aryl methyl sites for hydroxylation is 1. The number of para-hydroxylation sites is 2. The molecule has 1 N–H and O–H groups in total. The number of methoxy groups -OCH3 is 1. The Balaban J connectivity index is 2.32. The zero-order valence-corrected chi connectivity index (χ0v) is 13.1. The van der Waals surface area contributed by atoms with Crippen LogP contribution in [0.1, 0.15) is 19.5 Å². The van der Waals surface area contributed by atoms with Gasteiger partial charge in [0.1, 0.15) is 11.6 Å². The highest BCUT2D eigenvalue weighted by molar-refractivity contribution is 5.63. The summed E-state index contributed by atoms with van der Waals surface area (Å²) >= 11 is 0. The average Bonchev–Trinajstić information content (AvgIpc) is 2.48. The van der Waals surface area contributed by atoms with Gasteiger partial charge in [0.25, 0.3) is 0 Å². The van der Waals surface area contributed by atoms with E-state index >= 15 is 0 Å². The van der Waals surface area contributed by atoms with Gasteiger partial charge in [-0.2, -0.15) is 4.98 Å². The summed E-state index contributed by atoms with van der Waals surface area (Å²) in [5.74, 6) is 2.29. The minimum absolute atomic E-state index is 0.585. The minimum atomic E-state index is 0.585. The van der Waals surface area contributed by atoms with Crippen LogP contribution in [0.5, 0.6) is 5.75 Å². The van der Waals surface area contributed by atoms with Gasteiger partial charge in [-0.3, -0.25) is 0 Å². The van der Waals surface area contributed by atoms with Crippen molar-refractivity contribution >= 4 is 17.5 Å². The molecule has 0 amide bonds. The maximum atomic E-state index is 5.34. The van der Waals surface area contributed by atoms with Crippen molar-refractivity contribution in [1.82, 2.24) is 9.97 Å². The van der Waals surface area contributed by atoms with Crippen LogP contribution in [0.2, 0.25) is 0 Å². The molecule has 112 valence electrons. The number of ether oxygens (including phenoxy) is 1. The molecule has 1 heterocycles. The SMILES string of the molecule is CCN(CC)c1cc(C)nc(Nc2ccccc2OC)n1. The van der Waals surface area contributed by atoms with Gasteiger partial charge in [0.15, 0.2) is 0 Å². The van der Waals surface area contributed by atoms with E-state index in [0.29, 0.717) is 5.95 Å². The van der Waals surface area contributed by atoms with Gasteiger partial charge in [0.2, 0.25) is 5.95 Å². The van der Waals surface area contributed by atoms with Gasteiger partial charge in [-0.05, 0) is 32.9 Å². The Bertz CT molecular complexity index is 597. The first kappa shape index (κ1) is 15.1. The third kappa shape index (κ3) is 3.62. The van der Waals surface area contributed by atoms with Crippen LogP contribution in [0.3, 0.4) is 0 Å². The quantitative estimate of drug-likeness (QED) is 0.882. The zero-order valence-electron chi connectivity index (χ0n) is 13.1. The molecule has 0 aliphatic carbocycles. The lowest BCUT2D eigenvalue weighted by Gasteiger charge is -2.20. The first-order chi connectivity index (χ1) is 10.2. The number of nitrogens with zero attached hydrogens (tertiary/aromatic N) is 3. The minimum Gasteiger partial charge on any atom is -0.495 e. The average molecular weight is 286 g/mol. The molecule has 2 aromatic rings. The van der Waals surface area contributed by atoms with E-state index in [1.54, 1.807) is 7.11 Å². The fourth-order valence-corrected chi connectivity index (χ4v) is 2.19. The van der Waals surface area contributed by atoms with E-state index in [1.165, 1.54) is 0 Å². The van der Waals surface area contributed by atoms with Crippen molar-refractivity contribution in [3.05, 3.63) is 36.0 Å². The van der Waals surface area contributed by atoms with E-state index in [1.807, 2.05) is 37.3 Å². The molecule has 0 aliphatic heterocycles. The monoisotopic (exact) mass is 286 g/mol. The number of aromatic nitrogens is 2. The number of hydrogen-bond donors (Lipinski definition) is 1. The fourth-order valence-electron chi connectivity index (χ4n) is 2.19. The maximum absolute atomic E-state index is 5.34. The second kappa shape index (κ2) is 6.92. The smallest absolute Gasteiger partial charge is 0.229 e. The highest BCUT2D eigenvalue weighted by Crippen LogP contribution is 2.26. The van der Waals surface area contributed by atoms with Crippen LogP contribution >= 0.6 is 0 Å². The zero-order chi connectivity index (χ0) is 15.2. The van der Waals surface area contributed by atoms with E-state index < -0.39 is 0 Å². The van der Waals surface area contributed by atoms with Gasteiger partial charge >= 0.3 is 0 Å². The van der Waals surface area contributed by atoms with Crippen LogP contribution in [-0.4, -0.2) is 30.2 Å². The molecule has 0 fully saturated rings. The molecule has 0 atom stereocenters. The lowest BCUT2D eigenvalue weighted by molar-refractivity contribution is 0.417. The van der Waals surface area contributed by atoms with Crippen molar-refractivity contribution in [2.45, 2.75) is 20.8 Å². The Kier molecular flexibility index (Phi) is 4.98. The summed E-state index contributed by atoms with van der Waals surface area (Å²) in [5.41, 5.74) is 1.79. The molecule has 0 spiro atoms. The van der Waals surface area contributed by atoms with Crippen LogP contribution in [0.15, 0.2) is 30.3 Å². The van der Waals surface area contributed by atoms with E-state index in [0.717, 1.165) is 36.0 Å². The third-order valence-corrected chi connectivity index (χ3v) is 3.28. The summed E-state index contributed by atoms with van der Waals surface area (Å²) < 4.78 is 5.34. The molecular weight excluding hydrogens is 264 g/mol. The molecule has 1 aromatic carbocycles. The summed E-state index contributed by atoms with van der Waals surface area (Å²) in [6.45, 7) is 8.05. The molecule has 0 saturated heterocycles. The molecule has 0 aliphatic rings. The molecule has 0 bridgehead atoms. The Morgan fingerprint density at radius 2 is 1.86 bits per heavy atom. The highest BCUT2D eigenvalue weighted by atomic mass is 16.5. The predicted molar refractivity (Wildman–Crippen MR) is 86.6 cm³/mol. The second-order valence-electron chi connectivity index (χ2n) is 4.69. The molecule has 5 nitrogen and oxygen atoms in total. The molecule has 0 saturated carbocycles. The number of nitrogens with one attached hydrogen (secondary N) is 1. The maximum Gasteiger partial charge on any atom is 0.229 e. The van der Waals surface area contributed by atoms with E-state index in [4.69, 9.17) is 4.74 Å². The standard InChI is InChI=1S/C16H22N4O/c1-5-20(6-2)15-11-12(3)17-16(19-15)18-13-9-7-8-10-14(13)21-4/h7-11H,5-6H2,1-4H3,(H,17,18,19). The van der Waals surface area contributed by atoms with Crippen molar-refractivity contribution in [2.75, 3.05) is 30.4 Å². The summed E-state index contributed by atoms with van der Waals surface area (Å²) in [7, 11) is 1.65. The van der Waals surface area contributed by atoms with Crippen LogP contribution in [0.4, 0.5) is 17.5 Å². The molecular formula is C16H22N4O. The summed E-state index contributed by atoms with van der Waals surface area (Å²) in [4.78, 5) is 11.2. The van der Waals surface area contributed by atoms with Crippen LogP contribution in [0, 0.1) is 6.92 Å². The Morgan fingerprint density at radius 1 is 1.14 bits per heavy atom. The van der Waals surface area contributed by atoms with Gasteiger partial charge in [-0.15, -0.1) is 0 Å². The first-order valence-corrected chi connectivity index (χ1v) is 7.18. The molecule has 0 unspecified atom stereocenters. The molecule has 1 aromatic heterocycles. The number of hydrogen-bond acceptors (Lipinski definition) is 5. The van der Waals surface area contributed by atoms with Gasteiger partial charge in [-0.25, -0.2) is 4.98 Å². The Labute approximate surface area is 126 Å². The summed E-state index contributed by atoms with van der Waals surface area (Å²) in [6.07, 6.45) is 0. The second-order valence-corrected chi connectivity index (χ2v) is 4.69. The molecule has 0 radical (unpaired) electrons. The predicted octanol–water partition coefficient (Wildman–Crippen LogP) is 3.38. The first-order valence-electron chi connectivity index (χ1n) is 7.18. The third-order valence-electron chi connectivity index (χ3n) is 3.28. The van der Waals surface area contributed by atoms with Crippen molar-refractivity contribution in [3.63, 3.8) is 0 Å². The Morgan fingerprint density at radius 3 is 2.52 bits per heavy atom. The van der Waals surface area contributed by atoms with Crippen LogP contribution in [0.25, 0.3) is 0 Å². The van der Waals surface area contributed by atoms with Gasteiger partial charge < -0.3 is 15.0 Å². The van der Waals surface area contributed by atoms with E-state index in [9.17, 15) is 0 Å². The van der Waals surface area contributed by atoms with Crippen molar-refractivity contribution in [3.8, 4) is 5.75 Å². The summed E-state index contributed by atoms with van der Waals surface area (Å²) in [5, 5.41) is 3.23. The number of anilines is 3. The lowest BCUT2D eigenvalue weighted by Crippen LogP contribution is -2.23. The number of rotatable bonds is 6. The Hall–Kier alpha value is -2.30. The fraction of sp³-hybridized carbons (Fsp3) is 0.375. The van der Waals surface area contributed by atoms with Crippen LogP contribution in [-0.2, 0) is 0 Å². The van der Waals surface area contributed by atoms with E-state index in [-0.39, 0.29) is 0 Å². The highest BCUT2D eigenvalue weighted by Gasteiger charge is 2.09. The van der Waals surface area contributed by atoms with E-state index in [2.05, 4.69) is 34.0 Å². The summed E-state index contributed by atoms with van der Waals surface area (Å²) in [6, 6.07) is 9.74. The van der Waals surface area contributed by atoms with Crippen molar-refractivity contribution in [1.29, 1.82) is 0 Å². The topological polar surface area (TPSA) is 50.3 Å². The van der Waals surface area contributed by atoms with Gasteiger partial charge in [0, 0.05) is 24.8 Å². The molecule has 21 heavy (non-hydrogen) atoms. The molecule has 2 rings (SSSR count). The lowest BCUT2D eigenvalue weighted by atomic mass is 10.3. The van der Waals surface area contributed by atoms with Crippen molar-refractivity contribution < 1.29 is 4.74 Å². The van der Waals surface area contributed by atoms with Crippen molar-refractivity contribution in [2.24, 2.45) is 0 Å². The number of benzene rings is 1. The largest absolute Gasteiger partial charge is 0.495 e.